The summed E-state index contributed by atoms with van der Waals surface area (Å²) >= 11 is 0. The lowest BCUT2D eigenvalue weighted by Gasteiger charge is -2.05. The third-order valence-electron chi connectivity index (χ3n) is 1.81. The highest BCUT2D eigenvalue weighted by atomic mass is 16.6. The molecule has 0 aliphatic heterocycles. The lowest BCUT2D eigenvalue weighted by molar-refractivity contribution is -0.384. The van der Waals surface area contributed by atoms with Crippen LogP contribution in [0.15, 0.2) is 24.3 Å². The number of nitrogens with zero attached hydrogens (tertiary/aromatic N) is 1. The highest BCUT2D eigenvalue weighted by molar-refractivity contribution is 5.71. The number of non-ortho nitro benzene ring substituents is 1. The SMILES string of the molecule is NC(=O)NCCNc1cccc([N+](=O)[O-])c1. The third kappa shape index (κ3) is 3.82. The first-order valence-corrected chi connectivity index (χ1v) is 4.61. The van der Waals surface area contributed by atoms with Crippen molar-refractivity contribution in [2.45, 2.75) is 0 Å². The average molecular weight is 224 g/mol. The Bertz CT molecular complexity index is 394. The van der Waals surface area contributed by atoms with E-state index >= 15 is 0 Å². The summed E-state index contributed by atoms with van der Waals surface area (Å²) in [5.74, 6) is 0. The molecule has 1 rings (SSSR count). The minimum atomic E-state index is -0.596. The first-order chi connectivity index (χ1) is 7.59. The molecule has 0 aliphatic carbocycles. The van der Waals surface area contributed by atoms with Crippen LogP contribution in [0.3, 0.4) is 0 Å². The summed E-state index contributed by atoms with van der Waals surface area (Å²) in [5.41, 5.74) is 5.52. The summed E-state index contributed by atoms with van der Waals surface area (Å²) < 4.78 is 0. The number of nitrogens with one attached hydrogen (secondary N) is 2. The number of anilines is 1. The van der Waals surface area contributed by atoms with Crippen molar-refractivity contribution < 1.29 is 9.72 Å². The Kier molecular flexibility index (Phi) is 4.07. The maximum atomic E-state index is 10.5. The molecule has 0 aromatic heterocycles. The minimum Gasteiger partial charge on any atom is -0.383 e. The molecule has 0 saturated carbocycles. The summed E-state index contributed by atoms with van der Waals surface area (Å²) in [4.78, 5) is 20.4. The predicted molar refractivity (Wildman–Crippen MR) is 59.2 cm³/mol. The van der Waals surface area contributed by atoms with Gasteiger partial charge in [-0.15, -0.1) is 0 Å². The Balaban J connectivity index is 2.45. The number of benzene rings is 1. The molecule has 0 unspecified atom stereocenters. The van der Waals surface area contributed by atoms with Gasteiger partial charge < -0.3 is 16.4 Å². The molecule has 0 saturated heterocycles. The number of primary amides is 1. The van der Waals surface area contributed by atoms with Gasteiger partial charge in [0.1, 0.15) is 0 Å². The Morgan fingerprint density at radius 2 is 2.19 bits per heavy atom. The Morgan fingerprint density at radius 3 is 2.81 bits per heavy atom. The summed E-state index contributed by atoms with van der Waals surface area (Å²) in [6, 6.07) is 5.52. The molecular formula is C9H12N4O3. The minimum absolute atomic E-state index is 0.0212. The van der Waals surface area contributed by atoms with Crippen LogP contribution in [0.4, 0.5) is 16.2 Å². The van der Waals surface area contributed by atoms with Crippen molar-refractivity contribution in [3.63, 3.8) is 0 Å². The van der Waals surface area contributed by atoms with E-state index in [0.29, 0.717) is 18.8 Å². The molecule has 4 N–H and O–H groups in total. The van der Waals surface area contributed by atoms with Crippen molar-refractivity contribution in [3.05, 3.63) is 34.4 Å². The van der Waals surface area contributed by atoms with E-state index in [-0.39, 0.29) is 5.69 Å². The molecule has 0 heterocycles. The van der Waals surface area contributed by atoms with E-state index in [1.54, 1.807) is 12.1 Å². The number of hydrogen-bond donors (Lipinski definition) is 3. The zero-order chi connectivity index (χ0) is 12.0. The summed E-state index contributed by atoms with van der Waals surface area (Å²) in [6.45, 7) is 0.808. The maximum absolute atomic E-state index is 10.5. The molecule has 0 radical (unpaired) electrons. The first-order valence-electron chi connectivity index (χ1n) is 4.61. The van der Waals surface area contributed by atoms with Gasteiger partial charge in [-0.1, -0.05) is 6.07 Å². The van der Waals surface area contributed by atoms with Gasteiger partial charge in [0.2, 0.25) is 0 Å². The van der Waals surface area contributed by atoms with Gasteiger partial charge in [-0.25, -0.2) is 4.79 Å². The van der Waals surface area contributed by atoms with Crippen LogP contribution in [0.25, 0.3) is 0 Å². The molecular weight excluding hydrogens is 212 g/mol. The summed E-state index contributed by atoms with van der Waals surface area (Å²) in [5, 5.41) is 15.8. The van der Waals surface area contributed by atoms with Gasteiger partial charge in [-0.2, -0.15) is 0 Å². The van der Waals surface area contributed by atoms with Crippen LogP contribution in [0.2, 0.25) is 0 Å². The number of urea groups is 1. The van der Waals surface area contributed by atoms with Crippen LogP contribution >= 0.6 is 0 Å². The van der Waals surface area contributed by atoms with Gasteiger partial charge in [0.15, 0.2) is 0 Å². The molecule has 2 amide bonds. The van der Waals surface area contributed by atoms with Gasteiger partial charge in [-0.3, -0.25) is 10.1 Å². The number of carbonyl (C=O) groups excluding carboxylic acids is 1. The second-order valence-electron chi connectivity index (χ2n) is 3.03. The fraction of sp³-hybridized carbons (Fsp3) is 0.222. The van der Waals surface area contributed by atoms with Crippen molar-refractivity contribution in [2.75, 3.05) is 18.4 Å². The number of rotatable bonds is 5. The fourth-order valence-electron chi connectivity index (χ4n) is 1.12. The Hall–Kier alpha value is -2.31. The van der Waals surface area contributed by atoms with Crippen LogP contribution in [-0.2, 0) is 0 Å². The average Bonchev–Trinajstić information content (AvgIpc) is 2.24. The van der Waals surface area contributed by atoms with E-state index in [2.05, 4.69) is 10.6 Å². The zero-order valence-corrected chi connectivity index (χ0v) is 8.47. The van der Waals surface area contributed by atoms with Gasteiger partial charge in [-0.05, 0) is 6.07 Å². The second-order valence-corrected chi connectivity index (χ2v) is 3.03. The lowest BCUT2D eigenvalue weighted by atomic mass is 10.3. The first kappa shape index (κ1) is 11.8. The Labute approximate surface area is 91.8 Å². The third-order valence-corrected chi connectivity index (χ3v) is 1.81. The van der Waals surface area contributed by atoms with Gasteiger partial charge >= 0.3 is 6.03 Å². The van der Waals surface area contributed by atoms with Crippen molar-refractivity contribution in [2.24, 2.45) is 5.73 Å². The predicted octanol–water partition coefficient (Wildman–Crippen LogP) is 0.675. The molecule has 7 nitrogen and oxygen atoms in total. The van der Waals surface area contributed by atoms with E-state index in [0.717, 1.165) is 0 Å². The number of nitrogens with two attached hydrogens (primary N) is 1. The molecule has 0 spiro atoms. The van der Waals surface area contributed by atoms with Crippen LogP contribution < -0.4 is 16.4 Å². The number of hydrogen-bond acceptors (Lipinski definition) is 4. The van der Waals surface area contributed by atoms with Crippen LogP contribution in [-0.4, -0.2) is 24.0 Å². The summed E-state index contributed by atoms with van der Waals surface area (Å²) in [7, 11) is 0. The van der Waals surface area contributed by atoms with Crippen molar-refractivity contribution in [1.82, 2.24) is 5.32 Å². The van der Waals surface area contributed by atoms with Crippen LogP contribution in [0.5, 0.6) is 0 Å². The topological polar surface area (TPSA) is 110 Å². The van der Waals surface area contributed by atoms with E-state index < -0.39 is 11.0 Å². The molecule has 0 aliphatic rings. The molecule has 7 heteroatoms. The number of nitro groups is 1. The quantitative estimate of drug-likeness (QED) is 0.388. The molecule has 0 atom stereocenters. The number of carbonyl (C=O) groups is 1. The lowest BCUT2D eigenvalue weighted by Crippen LogP contribution is -2.33. The Morgan fingerprint density at radius 1 is 1.44 bits per heavy atom. The zero-order valence-electron chi connectivity index (χ0n) is 8.47. The van der Waals surface area contributed by atoms with E-state index in [1.807, 2.05) is 0 Å². The smallest absolute Gasteiger partial charge is 0.312 e. The van der Waals surface area contributed by atoms with Gasteiger partial charge in [0.25, 0.3) is 5.69 Å². The molecule has 1 aromatic rings. The summed E-state index contributed by atoms with van der Waals surface area (Å²) in [6.07, 6.45) is 0. The van der Waals surface area contributed by atoms with E-state index in [9.17, 15) is 14.9 Å². The van der Waals surface area contributed by atoms with Crippen LogP contribution in [0, 0.1) is 10.1 Å². The van der Waals surface area contributed by atoms with Gasteiger partial charge in [0.05, 0.1) is 4.92 Å². The molecule has 1 aromatic carbocycles. The van der Waals surface area contributed by atoms with E-state index in [1.165, 1.54) is 12.1 Å². The molecule has 0 fully saturated rings. The largest absolute Gasteiger partial charge is 0.383 e. The molecule has 86 valence electrons. The van der Waals surface area contributed by atoms with Gasteiger partial charge in [0, 0.05) is 30.9 Å². The highest BCUT2D eigenvalue weighted by Gasteiger charge is 2.04. The number of nitro benzene ring substituents is 1. The highest BCUT2D eigenvalue weighted by Crippen LogP contribution is 2.16. The van der Waals surface area contributed by atoms with Crippen molar-refractivity contribution >= 4 is 17.4 Å². The van der Waals surface area contributed by atoms with Crippen LogP contribution in [0.1, 0.15) is 0 Å². The molecule has 16 heavy (non-hydrogen) atoms. The number of amides is 2. The standard InChI is InChI=1S/C9H12N4O3/c10-9(14)12-5-4-11-7-2-1-3-8(6-7)13(15)16/h1-3,6,11H,4-5H2,(H3,10,12,14). The normalized spacial score (nSPS) is 9.50. The molecule has 0 bridgehead atoms. The second kappa shape index (κ2) is 5.54. The maximum Gasteiger partial charge on any atom is 0.312 e. The van der Waals surface area contributed by atoms with Crippen molar-refractivity contribution in [1.29, 1.82) is 0 Å². The van der Waals surface area contributed by atoms with Crippen molar-refractivity contribution in [3.8, 4) is 0 Å². The monoisotopic (exact) mass is 224 g/mol. The fourth-order valence-corrected chi connectivity index (χ4v) is 1.12. The van der Waals surface area contributed by atoms with E-state index in [4.69, 9.17) is 5.73 Å².